The highest BCUT2D eigenvalue weighted by Gasteiger charge is 2.22. The molecule has 34 heavy (non-hydrogen) atoms. The zero-order chi connectivity index (χ0) is 24.6. The Kier molecular flexibility index (Phi) is 6.60. The van der Waals surface area contributed by atoms with Crippen LogP contribution in [-0.4, -0.2) is 40.2 Å². The Bertz CT molecular complexity index is 1410. The number of nitro groups is 1. The Morgan fingerprint density at radius 3 is 2.50 bits per heavy atom. The van der Waals surface area contributed by atoms with Gasteiger partial charge in [0.25, 0.3) is 5.91 Å². The lowest BCUT2D eigenvalue weighted by Crippen LogP contribution is -2.16. The van der Waals surface area contributed by atoms with Crippen LogP contribution in [0, 0.1) is 24.0 Å². The maximum Gasteiger partial charge on any atom is 0.312 e. The van der Waals surface area contributed by atoms with Crippen LogP contribution in [0.15, 0.2) is 36.7 Å². The summed E-state index contributed by atoms with van der Waals surface area (Å²) in [7, 11) is 0. The van der Waals surface area contributed by atoms with Crippen molar-refractivity contribution >= 4 is 52.2 Å². The molecule has 0 aliphatic heterocycles. The fourth-order valence-corrected chi connectivity index (χ4v) is 3.87. The van der Waals surface area contributed by atoms with Gasteiger partial charge in [-0.25, -0.2) is 4.68 Å². The molecule has 11 nitrogen and oxygen atoms in total. The second kappa shape index (κ2) is 9.45. The number of carbonyl (C=O) groups is 1. The van der Waals surface area contributed by atoms with Gasteiger partial charge in [-0.1, -0.05) is 40.9 Å². The fourth-order valence-electron chi connectivity index (χ4n) is 3.35. The van der Waals surface area contributed by atoms with E-state index in [1.807, 2.05) is 6.07 Å². The maximum absolute atomic E-state index is 12.7. The van der Waals surface area contributed by atoms with Gasteiger partial charge in [0.1, 0.15) is 23.1 Å². The van der Waals surface area contributed by atoms with E-state index >= 15 is 0 Å². The molecule has 0 aliphatic rings. The smallest absolute Gasteiger partial charge is 0.302 e. The molecule has 0 spiro atoms. The minimum atomic E-state index is -0.514. The van der Waals surface area contributed by atoms with Crippen molar-refractivity contribution in [3.05, 3.63) is 84.5 Å². The highest BCUT2D eigenvalue weighted by molar-refractivity contribution is 6.42. The summed E-state index contributed by atoms with van der Waals surface area (Å²) in [6, 6.07) is 6.73. The van der Waals surface area contributed by atoms with E-state index in [2.05, 4.69) is 20.6 Å². The molecule has 4 rings (SSSR count). The van der Waals surface area contributed by atoms with Crippen LogP contribution in [0.2, 0.25) is 15.1 Å². The number of anilines is 1. The lowest BCUT2D eigenvalue weighted by atomic mass is 10.2. The SMILES string of the molecule is Cc1nn(Cn2ccc(C(=O)Nc3nn(Cc4ccc(Cl)c(Cl)c4)cc3Cl)n2)c(C)c1[N+](=O)[O-]. The molecule has 0 saturated carbocycles. The Labute approximate surface area is 208 Å². The summed E-state index contributed by atoms with van der Waals surface area (Å²) in [5, 5.41) is 27.6. The van der Waals surface area contributed by atoms with E-state index in [9.17, 15) is 14.9 Å². The summed E-state index contributed by atoms with van der Waals surface area (Å²) in [6.45, 7) is 3.64. The number of benzene rings is 1. The molecule has 14 heteroatoms. The van der Waals surface area contributed by atoms with E-state index < -0.39 is 10.8 Å². The van der Waals surface area contributed by atoms with Gasteiger partial charge in [0.15, 0.2) is 11.5 Å². The molecule has 0 bridgehead atoms. The summed E-state index contributed by atoms with van der Waals surface area (Å²) in [4.78, 5) is 23.4. The second-order valence-electron chi connectivity index (χ2n) is 7.38. The molecular weight excluding hydrogens is 507 g/mol. The predicted molar refractivity (Wildman–Crippen MR) is 127 cm³/mol. The van der Waals surface area contributed by atoms with Gasteiger partial charge in [-0.15, -0.1) is 0 Å². The molecule has 3 aromatic heterocycles. The summed E-state index contributed by atoms with van der Waals surface area (Å²) in [5.74, 6) is -0.338. The lowest BCUT2D eigenvalue weighted by molar-refractivity contribution is -0.386. The van der Waals surface area contributed by atoms with Crippen LogP contribution in [0.3, 0.4) is 0 Å². The molecule has 0 radical (unpaired) electrons. The number of aryl methyl sites for hydroxylation is 1. The number of rotatable bonds is 7. The molecule has 1 amide bonds. The monoisotopic (exact) mass is 522 g/mol. The molecule has 0 atom stereocenters. The van der Waals surface area contributed by atoms with Crippen LogP contribution in [0.25, 0.3) is 0 Å². The third kappa shape index (κ3) is 4.91. The van der Waals surface area contributed by atoms with Gasteiger partial charge in [-0.2, -0.15) is 15.3 Å². The van der Waals surface area contributed by atoms with Crippen molar-refractivity contribution in [2.75, 3.05) is 5.32 Å². The van der Waals surface area contributed by atoms with E-state index in [0.29, 0.717) is 28.0 Å². The molecule has 0 fully saturated rings. The number of nitrogens with one attached hydrogen (secondary N) is 1. The zero-order valence-corrected chi connectivity index (χ0v) is 20.1. The van der Waals surface area contributed by atoms with Crippen molar-refractivity contribution in [2.24, 2.45) is 0 Å². The minimum absolute atomic E-state index is 0.0452. The van der Waals surface area contributed by atoms with Gasteiger partial charge in [-0.3, -0.25) is 24.3 Å². The first kappa shape index (κ1) is 23.7. The number of carbonyl (C=O) groups excluding carboxylic acids is 1. The van der Waals surface area contributed by atoms with Gasteiger partial charge in [0, 0.05) is 12.4 Å². The predicted octanol–water partition coefficient (Wildman–Crippen LogP) is 4.57. The summed E-state index contributed by atoms with van der Waals surface area (Å²) < 4.78 is 4.46. The summed E-state index contributed by atoms with van der Waals surface area (Å²) >= 11 is 18.2. The third-order valence-electron chi connectivity index (χ3n) is 4.96. The average molecular weight is 524 g/mol. The van der Waals surface area contributed by atoms with Crippen LogP contribution >= 0.6 is 34.8 Å². The number of hydrogen-bond donors (Lipinski definition) is 1. The lowest BCUT2D eigenvalue weighted by Gasteiger charge is -2.04. The number of hydrogen-bond acceptors (Lipinski definition) is 6. The first-order chi connectivity index (χ1) is 16.1. The van der Waals surface area contributed by atoms with E-state index in [0.717, 1.165) is 5.56 Å². The van der Waals surface area contributed by atoms with Crippen LogP contribution in [0.5, 0.6) is 0 Å². The van der Waals surface area contributed by atoms with Crippen molar-refractivity contribution in [2.45, 2.75) is 27.1 Å². The van der Waals surface area contributed by atoms with Crippen LogP contribution in [0.1, 0.15) is 27.4 Å². The standard InChI is InChI=1S/C20H17Cl3N8O3/c1-11-18(31(33)34)12(2)30(25-11)10-28-6-5-17(26-28)20(32)24-19-16(23)9-29(27-19)8-13-3-4-14(21)15(22)7-13/h3-7,9H,8,10H2,1-2H3,(H,24,27,32). The molecule has 1 aromatic carbocycles. The number of halogens is 3. The zero-order valence-electron chi connectivity index (χ0n) is 17.9. The number of aromatic nitrogens is 6. The summed E-state index contributed by atoms with van der Waals surface area (Å²) in [6.07, 6.45) is 3.15. The molecule has 0 aliphatic carbocycles. The Morgan fingerprint density at radius 1 is 1.06 bits per heavy atom. The van der Waals surface area contributed by atoms with E-state index in [1.165, 1.54) is 15.4 Å². The molecule has 3 heterocycles. The second-order valence-corrected chi connectivity index (χ2v) is 8.61. The van der Waals surface area contributed by atoms with E-state index in [-0.39, 0.29) is 28.9 Å². The van der Waals surface area contributed by atoms with Gasteiger partial charge < -0.3 is 5.32 Å². The quantitative estimate of drug-likeness (QED) is 0.279. The molecular formula is C20H17Cl3N8O3. The van der Waals surface area contributed by atoms with Crippen molar-refractivity contribution in [3.8, 4) is 0 Å². The first-order valence-corrected chi connectivity index (χ1v) is 11.0. The van der Waals surface area contributed by atoms with Gasteiger partial charge in [0.05, 0.1) is 21.5 Å². The summed E-state index contributed by atoms with van der Waals surface area (Å²) in [5.41, 5.74) is 1.62. The molecule has 0 saturated heterocycles. The van der Waals surface area contributed by atoms with Crippen LogP contribution < -0.4 is 5.32 Å². The van der Waals surface area contributed by atoms with Crippen molar-refractivity contribution < 1.29 is 9.72 Å². The average Bonchev–Trinajstić information content (AvgIpc) is 3.43. The highest BCUT2D eigenvalue weighted by Crippen LogP contribution is 2.25. The maximum atomic E-state index is 12.7. The van der Waals surface area contributed by atoms with Gasteiger partial charge >= 0.3 is 5.69 Å². The Balaban J connectivity index is 1.44. The fraction of sp³-hybridized carbons (Fsp3) is 0.200. The first-order valence-electron chi connectivity index (χ1n) is 9.82. The molecule has 0 unspecified atom stereocenters. The number of nitrogens with zero attached hydrogens (tertiary/aromatic N) is 7. The van der Waals surface area contributed by atoms with Crippen molar-refractivity contribution in [3.63, 3.8) is 0 Å². The topological polar surface area (TPSA) is 126 Å². The minimum Gasteiger partial charge on any atom is -0.302 e. The highest BCUT2D eigenvalue weighted by atomic mass is 35.5. The molecule has 4 aromatic rings. The van der Waals surface area contributed by atoms with Gasteiger partial charge in [-0.05, 0) is 37.6 Å². The van der Waals surface area contributed by atoms with E-state index in [4.69, 9.17) is 34.8 Å². The Hall–Kier alpha value is -3.41. The van der Waals surface area contributed by atoms with Crippen molar-refractivity contribution in [1.29, 1.82) is 0 Å². The van der Waals surface area contributed by atoms with Crippen LogP contribution in [0.4, 0.5) is 11.5 Å². The molecule has 1 N–H and O–H groups in total. The van der Waals surface area contributed by atoms with Crippen LogP contribution in [-0.2, 0) is 13.2 Å². The molecule has 176 valence electrons. The largest absolute Gasteiger partial charge is 0.312 e. The normalized spacial score (nSPS) is 11.1. The number of amides is 1. The van der Waals surface area contributed by atoms with Gasteiger partial charge in [0.2, 0.25) is 0 Å². The van der Waals surface area contributed by atoms with E-state index in [1.54, 1.807) is 43.1 Å². The van der Waals surface area contributed by atoms with Crippen molar-refractivity contribution in [1.82, 2.24) is 29.3 Å². The Morgan fingerprint density at radius 2 is 1.82 bits per heavy atom. The third-order valence-corrected chi connectivity index (χ3v) is 5.97.